The van der Waals surface area contributed by atoms with E-state index in [0.717, 1.165) is 12.1 Å². The maximum Gasteiger partial charge on any atom is 0.0725 e. The first-order chi connectivity index (χ1) is 9.25. The Bertz CT molecular complexity index is 600. The zero-order valence-electron chi connectivity index (χ0n) is 11.1. The Morgan fingerprint density at radius 2 is 1.74 bits per heavy atom. The van der Waals surface area contributed by atoms with Gasteiger partial charge in [0.15, 0.2) is 0 Å². The predicted octanol–water partition coefficient (Wildman–Crippen LogP) is 2.80. The van der Waals surface area contributed by atoms with E-state index >= 15 is 0 Å². The van der Waals surface area contributed by atoms with Crippen molar-refractivity contribution in [2.75, 3.05) is 0 Å². The molecule has 19 heavy (non-hydrogen) atoms. The molecule has 2 heteroatoms. The van der Waals surface area contributed by atoms with Crippen LogP contribution in [-0.2, 0) is 6.42 Å². The number of aliphatic imine (C=N–C) groups is 1. The van der Waals surface area contributed by atoms with Crippen LogP contribution in [0.3, 0.4) is 0 Å². The highest BCUT2D eigenvalue weighted by atomic mass is 14.9. The average Bonchev–Trinajstić information content (AvgIpc) is 2.47. The van der Waals surface area contributed by atoms with Gasteiger partial charge in [0.1, 0.15) is 0 Å². The van der Waals surface area contributed by atoms with Crippen LogP contribution in [0.1, 0.15) is 23.6 Å². The van der Waals surface area contributed by atoms with Crippen LogP contribution in [0.5, 0.6) is 0 Å². The minimum absolute atomic E-state index is 0.0760. The Morgan fingerprint density at radius 3 is 2.47 bits per heavy atom. The van der Waals surface area contributed by atoms with Crippen LogP contribution in [0.4, 0.5) is 0 Å². The molecular weight excluding hydrogens is 232 g/mol. The zero-order chi connectivity index (χ0) is 13.2. The molecule has 0 aromatic heterocycles. The maximum atomic E-state index is 6.06. The molecule has 1 heterocycles. The highest BCUT2D eigenvalue weighted by Crippen LogP contribution is 2.24. The van der Waals surface area contributed by atoms with Gasteiger partial charge in [0.2, 0.25) is 0 Å². The predicted molar refractivity (Wildman–Crippen MR) is 79.7 cm³/mol. The molecule has 96 valence electrons. The summed E-state index contributed by atoms with van der Waals surface area (Å²) in [5, 5.41) is 0. The summed E-state index contributed by atoms with van der Waals surface area (Å²) in [6, 6.07) is 19.1. The molecule has 1 aliphatic rings. The summed E-state index contributed by atoms with van der Waals surface area (Å²) in [5.41, 5.74) is 10.9. The monoisotopic (exact) mass is 250 g/mol. The lowest BCUT2D eigenvalue weighted by molar-refractivity contribution is 0.554. The van der Waals surface area contributed by atoms with E-state index in [9.17, 15) is 0 Å². The van der Waals surface area contributed by atoms with Crippen molar-refractivity contribution in [1.29, 1.82) is 0 Å². The van der Waals surface area contributed by atoms with Gasteiger partial charge >= 0.3 is 0 Å². The van der Waals surface area contributed by atoms with Crippen molar-refractivity contribution in [2.45, 2.75) is 25.4 Å². The Kier molecular flexibility index (Phi) is 3.18. The molecule has 0 fully saturated rings. The topological polar surface area (TPSA) is 38.4 Å². The molecule has 0 spiro atoms. The highest BCUT2D eigenvalue weighted by molar-refractivity contribution is 6.14. The molecular formula is C17H18N2. The SMILES string of the molecule is CC(N)C1Cc2ccccc2C(c2ccccc2)=N1. The largest absolute Gasteiger partial charge is 0.326 e. The molecule has 2 aromatic carbocycles. The molecule has 0 bridgehead atoms. The lowest BCUT2D eigenvalue weighted by Crippen LogP contribution is -2.35. The van der Waals surface area contributed by atoms with Crippen molar-refractivity contribution in [3.05, 3.63) is 71.3 Å². The van der Waals surface area contributed by atoms with Crippen molar-refractivity contribution >= 4 is 5.71 Å². The third-order valence-corrected chi connectivity index (χ3v) is 3.65. The van der Waals surface area contributed by atoms with Gasteiger partial charge in [-0.3, -0.25) is 4.99 Å². The molecule has 1 aliphatic heterocycles. The highest BCUT2D eigenvalue weighted by Gasteiger charge is 2.23. The number of fused-ring (bicyclic) bond motifs is 1. The van der Waals surface area contributed by atoms with E-state index in [-0.39, 0.29) is 12.1 Å². The van der Waals surface area contributed by atoms with Crippen LogP contribution in [-0.4, -0.2) is 17.8 Å². The lowest BCUT2D eigenvalue weighted by Gasteiger charge is -2.26. The molecule has 0 radical (unpaired) electrons. The summed E-state index contributed by atoms with van der Waals surface area (Å²) in [4.78, 5) is 4.88. The molecule has 3 rings (SSSR count). The third-order valence-electron chi connectivity index (χ3n) is 3.65. The lowest BCUT2D eigenvalue weighted by atomic mass is 9.88. The van der Waals surface area contributed by atoms with Crippen molar-refractivity contribution in [2.24, 2.45) is 10.7 Å². The van der Waals surface area contributed by atoms with Crippen molar-refractivity contribution in [1.82, 2.24) is 0 Å². The number of rotatable bonds is 2. The van der Waals surface area contributed by atoms with Gasteiger partial charge in [-0.25, -0.2) is 0 Å². The Balaban J connectivity index is 2.13. The van der Waals surface area contributed by atoms with E-state index in [0.29, 0.717) is 0 Å². The van der Waals surface area contributed by atoms with Gasteiger partial charge in [-0.2, -0.15) is 0 Å². The van der Waals surface area contributed by atoms with Gasteiger partial charge < -0.3 is 5.73 Å². The van der Waals surface area contributed by atoms with Crippen molar-refractivity contribution in [3.8, 4) is 0 Å². The van der Waals surface area contributed by atoms with Gasteiger partial charge in [-0.1, -0.05) is 54.6 Å². The molecule has 0 saturated carbocycles. The molecule has 0 aliphatic carbocycles. The normalized spacial score (nSPS) is 19.5. The van der Waals surface area contributed by atoms with Crippen LogP contribution < -0.4 is 5.73 Å². The average molecular weight is 250 g/mol. The molecule has 0 saturated heterocycles. The van der Waals surface area contributed by atoms with Crippen LogP contribution in [0.15, 0.2) is 59.6 Å². The first-order valence-corrected chi connectivity index (χ1v) is 6.73. The van der Waals surface area contributed by atoms with Gasteiger partial charge in [0, 0.05) is 17.2 Å². The van der Waals surface area contributed by atoms with Crippen LogP contribution in [0, 0.1) is 0 Å². The fraction of sp³-hybridized carbons (Fsp3) is 0.235. The standard InChI is InChI=1S/C17H18N2/c1-12(18)16-11-14-9-5-6-10-15(14)17(19-16)13-7-3-2-4-8-13/h2-10,12,16H,11,18H2,1H3. The summed E-state index contributed by atoms with van der Waals surface area (Å²) >= 11 is 0. The Labute approximate surface area is 114 Å². The Hall–Kier alpha value is -1.93. The van der Waals surface area contributed by atoms with Crippen molar-refractivity contribution in [3.63, 3.8) is 0 Å². The van der Waals surface area contributed by atoms with Crippen molar-refractivity contribution < 1.29 is 0 Å². The van der Waals surface area contributed by atoms with E-state index < -0.39 is 0 Å². The number of nitrogens with zero attached hydrogens (tertiary/aromatic N) is 1. The molecule has 2 unspecified atom stereocenters. The minimum atomic E-state index is 0.0760. The fourth-order valence-corrected chi connectivity index (χ4v) is 2.57. The molecule has 2 aromatic rings. The van der Waals surface area contributed by atoms with E-state index in [1.165, 1.54) is 16.7 Å². The molecule has 2 atom stereocenters. The number of benzene rings is 2. The zero-order valence-corrected chi connectivity index (χ0v) is 11.1. The fourth-order valence-electron chi connectivity index (χ4n) is 2.57. The minimum Gasteiger partial charge on any atom is -0.326 e. The second-order valence-electron chi connectivity index (χ2n) is 5.13. The second kappa shape index (κ2) is 4.98. The number of nitrogens with two attached hydrogens (primary N) is 1. The summed E-state index contributed by atoms with van der Waals surface area (Å²) in [7, 11) is 0. The number of hydrogen-bond donors (Lipinski definition) is 1. The van der Waals surface area contributed by atoms with E-state index in [1.54, 1.807) is 0 Å². The van der Waals surface area contributed by atoms with Gasteiger partial charge in [-0.05, 0) is 18.9 Å². The van der Waals surface area contributed by atoms with Crippen LogP contribution in [0.25, 0.3) is 0 Å². The first kappa shape index (κ1) is 12.1. The summed E-state index contributed by atoms with van der Waals surface area (Å²) in [6.07, 6.45) is 0.935. The van der Waals surface area contributed by atoms with Gasteiger partial charge in [0.25, 0.3) is 0 Å². The van der Waals surface area contributed by atoms with Gasteiger partial charge in [0.05, 0.1) is 11.8 Å². The van der Waals surface area contributed by atoms with E-state index in [2.05, 4.69) is 48.5 Å². The number of hydrogen-bond acceptors (Lipinski definition) is 2. The van der Waals surface area contributed by atoms with Crippen LogP contribution in [0.2, 0.25) is 0 Å². The van der Waals surface area contributed by atoms with E-state index in [1.807, 2.05) is 13.0 Å². The molecule has 2 nitrogen and oxygen atoms in total. The van der Waals surface area contributed by atoms with E-state index in [4.69, 9.17) is 10.7 Å². The summed E-state index contributed by atoms with van der Waals surface area (Å²) in [5.74, 6) is 0. The summed E-state index contributed by atoms with van der Waals surface area (Å²) < 4.78 is 0. The molecule has 2 N–H and O–H groups in total. The third kappa shape index (κ3) is 2.32. The summed E-state index contributed by atoms with van der Waals surface area (Å²) in [6.45, 7) is 2.03. The smallest absolute Gasteiger partial charge is 0.0725 e. The first-order valence-electron chi connectivity index (χ1n) is 6.73. The van der Waals surface area contributed by atoms with Gasteiger partial charge in [-0.15, -0.1) is 0 Å². The Morgan fingerprint density at radius 1 is 1.05 bits per heavy atom. The molecule has 0 amide bonds. The quantitative estimate of drug-likeness (QED) is 0.874. The van der Waals surface area contributed by atoms with Crippen LogP contribution >= 0.6 is 0 Å². The second-order valence-corrected chi connectivity index (χ2v) is 5.13. The maximum absolute atomic E-state index is 6.06.